The SMILES string of the molecule is CCN(C)CCNC(=NCCCOCC(C)C)Nc1ccc2c(c1)OCCCO2. The Morgan fingerprint density at radius 3 is 2.79 bits per heavy atom. The van der Waals surface area contributed by atoms with Gasteiger partial charge in [-0.2, -0.15) is 0 Å². The molecule has 1 aromatic carbocycles. The van der Waals surface area contributed by atoms with Crippen LogP contribution in [0.4, 0.5) is 5.69 Å². The van der Waals surface area contributed by atoms with E-state index in [-0.39, 0.29) is 0 Å². The van der Waals surface area contributed by atoms with Gasteiger partial charge < -0.3 is 29.7 Å². The molecule has 0 bridgehead atoms. The number of hydrogen-bond acceptors (Lipinski definition) is 5. The van der Waals surface area contributed by atoms with E-state index in [0.717, 1.165) is 68.8 Å². The first-order valence-corrected chi connectivity index (χ1v) is 10.8. The van der Waals surface area contributed by atoms with Crippen LogP contribution >= 0.6 is 0 Å². The molecule has 2 N–H and O–H groups in total. The van der Waals surface area contributed by atoms with Crippen LogP contribution in [0.15, 0.2) is 23.2 Å². The van der Waals surface area contributed by atoms with Crippen molar-refractivity contribution in [2.45, 2.75) is 33.6 Å². The summed E-state index contributed by atoms with van der Waals surface area (Å²) >= 11 is 0. The highest BCUT2D eigenvalue weighted by Crippen LogP contribution is 2.32. The van der Waals surface area contributed by atoms with Crippen molar-refractivity contribution in [1.29, 1.82) is 0 Å². The molecule has 0 aliphatic carbocycles. The highest BCUT2D eigenvalue weighted by molar-refractivity contribution is 5.94. The molecule has 0 amide bonds. The molecule has 1 heterocycles. The predicted octanol–water partition coefficient (Wildman–Crippen LogP) is 3.22. The Morgan fingerprint density at radius 2 is 2.03 bits per heavy atom. The summed E-state index contributed by atoms with van der Waals surface area (Å²) in [6, 6.07) is 5.92. The minimum absolute atomic E-state index is 0.562. The minimum Gasteiger partial charge on any atom is -0.490 e. The molecular weight excluding hydrogens is 368 g/mol. The summed E-state index contributed by atoms with van der Waals surface area (Å²) < 4.78 is 17.2. The lowest BCUT2D eigenvalue weighted by atomic mass is 10.2. The second-order valence-corrected chi connectivity index (χ2v) is 7.71. The van der Waals surface area contributed by atoms with Gasteiger partial charge in [0.15, 0.2) is 17.5 Å². The molecule has 0 spiro atoms. The third kappa shape index (κ3) is 9.37. The lowest BCUT2D eigenvalue weighted by molar-refractivity contribution is 0.109. The maximum atomic E-state index is 5.79. The van der Waals surface area contributed by atoms with Crippen LogP contribution in [0.5, 0.6) is 11.5 Å². The monoisotopic (exact) mass is 406 g/mol. The van der Waals surface area contributed by atoms with Crippen molar-refractivity contribution in [3.8, 4) is 11.5 Å². The Bertz CT molecular complexity index is 622. The normalized spacial score (nSPS) is 14.2. The van der Waals surface area contributed by atoms with Crippen LogP contribution in [-0.4, -0.2) is 70.5 Å². The highest BCUT2D eigenvalue weighted by Gasteiger charge is 2.11. The van der Waals surface area contributed by atoms with Crippen LogP contribution in [0.3, 0.4) is 0 Å². The van der Waals surface area contributed by atoms with Gasteiger partial charge in [-0.3, -0.25) is 4.99 Å². The van der Waals surface area contributed by atoms with E-state index in [9.17, 15) is 0 Å². The molecule has 0 fully saturated rings. The first-order valence-electron chi connectivity index (χ1n) is 10.8. The van der Waals surface area contributed by atoms with Gasteiger partial charge in [-0.15, -0.1) is 0 Å². The van der Waals surface area contributed by atoms with Gasteiger partial charge in [-0.05, 0) is 38.1 Å². The third-order valence-electron chi connectivity index (χ3n) is 4.50. The van der Waals surface area contributed by atoms with E-state index in [1.165, 1.54) is 0 Å². The molecule has 1 aromatic rings. The van der Waals surface area contributed by atoms with Crippen molar-refractivity contribution < 1.29 is 14.2 Å². The molecule has 1 aliphatic rings. The summed E-state index contributed by atoms with van der Waals surface area (Å²) in [5.41, 5.74) is 0.931. The average Bonchev–Trinajstić information content (AvgIpc) is 2.94. The molecule has 0 atom stereocenters. The third-order valence-corrected chi connectivity index (χ3v) is 4.50. The number of rotatable bonds is 11. The summed E-state index contributed by atoms with van der Waals surface area (Å²) in [5, 5.41) is 6.81. The van der Waals surface area contributed by atoms with Crippen LogP contribution in [0.25, 0.3) is 0 Å². The summed E-state index contributed by atoms with van der Waals surface area (Å²) in [7, 11) is 2.11. The number of fused-ring (bicyclic) bond motifs is 1. The van der Waals surface area contributed by atoms with Crippen molar-refractivity contribution in [2.24, 2.45) is 10.9 Å². The van der Waals surface area contributed by atoms with E-state index < -0.39 is 0 Å². The van der Waals surface area contributed by atoms with Gasteiger partial charge in [0.2, 0.25) is 0 Å². The number of ether oxygens (including phenoxy) is 3. The van der Waals surface area contributed by atoms with Crippen molar-refractivity contribution in [1.82, 2.24) is 10.2 Å². The van der Waals surface area contributed by atoms with Gasteiger partial charge in [0.1, 0.15) is 0 Å². The van der Waals surface area contributed by atoms with E-state index in [2.05, 4.69) is 43.4 Å². The smallest absolute Gasteiger partial charge is 0.195 e. The fourth-order valence-corrected chi connectivity index (χ4v) is 2.72. The van der Waals surface area contributed by atoms with Crippen molar-refractivity contribution in [3.05, 3.63) is 18.2 Å². The molecule has 1 aliphatic heterocycles. The van der Waals surface area contributed by atoms with E-state index in [4.69, 9.17) is 19.2 Å². The number of likely N-dealkylation sites (N-methyl/N-ethyl adjacent to an activating group) is 1. The minimum atomic E-state index is 0.562. The largest absolute Gasteiger partial charge is 0.490 e. The molecule has 0 radical (unpaired) electrons. The summed E-state index contributed by atoms with van der Waals surface area (Å²) in [5.74, 6) is 2.91. The Morgan fingerprint density at radius 1 is 1.24 bits per heavy atom. The maximum absolute atomic E-state index is 5.79. The Kier molecular flexibility index (Phi) is 10.7. The Labute approximate surface area is 175 Å². The maximum Gasteiger partial charge on any atom is 0.195 e. The molecule has 0 saturated carbocycles. The zero-order valence-corrected chi connectivity index (χ0v) is 18.5. The summed E-state index contributed by atoms with van der Waals surface area (Å²) in [4.78, 5) is 6.97. The van der Waals surface area contributed by atoms with Gasteiger partial charge in [-0.1, -0.05) is 20.8 Å². The van der Waals surface area contributed by atoms with E-state index in [0.29, 0.717) is 25.7 Å². The predicted molar refractivity (Wildman–Crippen MR) is 119 cm³/mol. The average molecular weight is 407 g/mol. The van der Waals surface area contributed by atoms with Gasteiger partial charge in [0.05, 0.1) is 13.2 Å². The molecule has 0 aromatic heterocycles. The highest BCUT2D eigenvalue weighted by atomic mass is 16.5. The first kappa shape index (κ1) is 23.3. The zero-order chi connectivity index (χ0) is 20.9. The van der Waals surface area contributed by atoms with Crippen LogP contribution in [0, 0.1) is 5.92 Å². The fraction of sp³-hybridized carbons (Fsp3) is 0.682. The van der Waals surface area contributed by atoms with Gasteiger partial charge in [0, 0.05) is 51.0 Å². The van der Waals surface area contributed by atoms with Crippen molar-refractivity contribution in [2.75, 3.05) is 65.0 Å². The molecule has 2 rings (SSSR count). The molecule has 0 unspecified atom stereocenters. The topological polar surface area (TPSA) is 67.4 Å². The van der Waals surface area contributed by atoms with Gasteiger partial charge in [-0.25, -0.2) is 0 Å². The number of nitrogens with zero attached hydrogens (tertiary/aromatic N) is 2. The molecule has 0 saturated heterocycles. The Balaban J connectivity index is 1.92. The second kappa shape index (κ2) is 13.3. The lowest BCUT2D eigenvalue weighted by Gasteiger charge is -2.17. The Hall–Kier alpha value is -1.99. The number of benzene rings is 1. The van der Waals surface area contributed by atoms with Crippen LogP contribution in [-0.2, 0) is 4.74 Å². The molecule has 7 heteroatoms. The zero-order valence-electron chi connectivity index (χ0n) is 18.5. The fourth-order valence-electron chi connectivity index (χ4n) is 2.72. The molecular formula is C22H38N4O3. The number of aliphatic imine (C=N–C) groups is 1. The molecule has 29 heavy (non-hydrogen) atoms. The van der Waals surface area contributed by atoms with Crippen molar-refractivity contribution in [3.63, 3.8) is 0 Å². The number of hydrogen-bond donors (Lipinski definition) is 2. The number of guanidine groups is 1. The summed E-state index contributed by atoms with van der Waals surface area (Å²) in [6.07, 6.45) is 1.80. The van der Waals surface area contributed by atoms with Crippen LogP contribution in [0.1, 0.15) is 33.6 Å². The standard InChI is InChI=1S/C22H38N4O3/c1-5-26(4)12-11-24-22(23-10-6-13-27-17-18(2)3)25-19-8-9-20-21(16-19)29-15-7-14-28-20/h8-9,16,18H,5-7,10-15,17H2,1-4H3,(H2,23,24,25). The lowest BCUT2D eigenvalue weighted by Crippen LogP contribution is -2.37. The number of nitrogens with one attached hydrogen (secondary N) is 2. The molecule has 164 valence electrons. The van der Waals surface area contributed by atoms with Gasteiger partial charge in [0.25, 0.3) is 0 Å². The second-order valence-electron chi connectivity index (χ2n) is 7.71. The van der Waals surface area contributed by atoms with Crippen molar-refractivity contribution >= 4 is 11.6 Å². The van der Waals surface area contributed by atoms with Crippen LogP contribution in [0.2, 0.25) is 0 Å². The van der Waals surface area contributed by atoms with Gasteiger partial charge >= 0.3 is 0 Å². The van der Waals surface area contributed by atoms with E-state index in [1.807, 2.05) is 18.2 Å². The quantitative estimate of drug-likeness (QED) is 0.334. The molecule has 7 nitrogen and oxygen atoms in total. The van der Waals surface area contributed by atoms with E-state index >= 15 is 0 Å². The summed E-state index contributed by atoms with van der Waals surface area (Å²) in [6.45, 7) is 12.9. The first-order chi connectivity index (χ1) is 14.1. The van der Waals surface area contributed by atoms with E-state index in [1.54, 1.807) is 0 Å². The van der Waals surface area contributed by atoms with Crippen LogP contribution < -0.4 is 20.1 Å². The number of anilines is 1.